The number of carbonyl (C=O) groups is 3. The maximum absolute atomic E-state index is 13.5. The second-order valence-electron chi connectivity index (χ2n) is 8.48. The molecule has 3 heterocycles. The third kappa shape index (κ3) is 4.29. The van der Waals surface area contributed by atoms with E-state index in [0.717, 1.165) is 31.0 Å². The fraction of sp³-hybridized carbons (Fsp3) is 0.458. The van der Waals surface area contributed by atoms with E-state index < -0.39 is 5.41 Å². The van der Waals surface area contributed by atoms with Crippen molar-refractivity contribution in [3.8, 4) is 5.75 Å². The first-order chi connectivity index (χ1) is 15.4. The van der Waals surface area contributed by atoms with E-state index in [2.05, 4.69) is 22.4 Å². The Hall–Kier alpha value is -2.71. The summed E-state index contributed by atoms with van der Waals surface area (Å²) in [7, 11) is 3.02. The van der Waals surface area contributed by atoms with Gasteiger partial charge in [0.25, 0.3) is 0 Å². The molecule has 0 aliphatic carbocycles. The van der Waals surface area contributed by atoms with Crippen molar-refractivity contribution in [3.05, 3.63) is 52.2 Å². The third-order valence-corrected chi connectivity index (χ3v) is 7.38. The quantitative estimate of drug-likeness (QED) is 0.626. The number of methoxy groups -OCH3 is 1. The van der Waals surface area contributed by atoms with E-state index in [4.69, 9.17) is 4.74 Å². The second-order valence-corrected chi connectivity index (χ2v) is 9.52. The third-order valence-electron chi connectivity index (χ3n) is 6.52. The first-order valence-corrected chi connectivity index (χ1v) is 11.8. The van der Waals surface area contributed by atoms with Gasteiger partial charge in [0, 0.05) is 63.1 Å². The maximum atomic E-state index is 13.5. The molecule has 32 heavy (non-hydrogen) atoms. The molecule has 4 rings (SSSR count). The van der Waals surface area contributed by atoms with Gasteiger partial charge in [-0.05, 0) is 23.9 Å². The zero-order valence-corrected chi connectivity index (χ0v) is 19.4. The van der Waals surface area contributed by atoms with Gasteiger partial charge in [-0.1, -0.05) is 24.3 Å². The van der Waals surface area contributed by atoms with Crippen molar-refractivity contribution in [2.75, 3.05) is 40.3 Å². The molecule has 1 atom stereocenters. The van der Waals surface area contributed by atoms with Crippen molar-refractivity contribution in [2.45, 2.75) is 31.2 Å². The van der Waals surface area contributed by atoms with E-state index in [1.165, 1.54) is 19.0 Å². The van der Waals surface area contributed by atoms with Crippen LogP contribution < -0.4 is 4.74 Å². The normalized spacial score (nSPS) is 22.3. The fourth-order valence-electron chi connectivity index (χ4n) is 4.74. The summed E-state index contributed by atoms with van der Waals surface area (Å²) in [6, 6.07) is 11.4. The lowest BCUT2D eigenvalue weighted by atomic mass is 9.75. The van der Waals surface area contributed by atoms with Crippen LogP contribution in [-0.4, -0.2) is 72.8 Å². The number of amides is 3. The molecule has 8 heteroatoms. The van der Waals surface area contributed by atoms with Crippen LogP contribution in [0.2, 0.25) is 0 Å². The Labute approximate surface area is 192 Å². The molecule has 2 aliphatic heterocycles. The number of likely N-dealkylation sites (tertiary alicyclic amines) is 1. The molecule has 2 saturated heterocycles. The first kappa shape index (κ1) is 22.5. The van der Waals surface area contributed by atoms with Crippen LogP contribution in [0, 0.1) is 0 Å². The Kier molecular flexibility index (Phi) is 6.62. The largest absolute Gasteiger partial charge is 0.496 e. The second kappa shape index (κ2) is 9.42. The van der Waals surface area contributed by atoms with Crippen LogP contribution in [0.3, 0.4) is 0 Å². The van der Waals surface area contributed by atoms with Crippen molar-refractivity contribution >= 4 is 29.1 Å². The van der Waals surface area contributed by atoms with Crippen LogP contribution in [0.1, 0.15) is 29.7 Å². The zero-order chi connectivity index (χ0) is 22.7. The number of benzene rings is 1. The highest BCUT2D eigenvalue weighted by atomic mass is 32.1. The zero-order valence-electron chi connectivity index (χ0n) is 18.6. The molecule has 0 saturated carbocycles. The summed E-state index contributed by atoms with van der Waals surface area (Å²) in [4.78, 5) is 45.9. The lowest BCUT2D eigenvalue weighted by Gasteiger charge is -2.30. The molecule has 0 unspecified atom stereocenters. The minimum atomic E-state index is -1.22. The minimum Gasteiger partial charge on any atom is -0.496 e. The number of carbonyl (C=O) groups excluding carboxylic acids is 3. The highest BCUT2D eigenvalue weighted by molar-refractivity contribution is 7.09. The van der Waals surface area contributed by atoms with Crippen LogP contribution in [0.5, 0.6) is 5.75 Å². The number of thiophene rings is 1. The van der Waals surface area contributed by atoms with Gasteiger partial charge in [0.05, 0.1) is 12.5 Å². The molecule has 7 nitrogen and oxygen atoms in total. The summed E-state index contributed by atoms with van der Waals surface area (Å²) in [5.41, 5.74) is -0.619. The van der Waals surface area contributed by atoms with E-state index in [-0.39, 0.29) is 30.6 Å². The average Bonchev–Trinajstić information content (AvgIpc) is 3.29. The van der Waals surface area contributed by atoms with Crippen LogP contribution >= 0.6 is 11.3 Å². The molecular weight excluding hydrogens is 426 g/mol. The Morgan fingerprint density at radius 1 is 1.09 bits per heavy atom. The minimum absolute atomic E-state index is 0.0210. The predicted octanol–water partition coefficient (Wildman–Crippen LogP) is 2.51. The van der Waals surface area contributed by atoms with E-state index in [0.29, 0.717) is 24.4 Å². The number of rotatable bonds is 6. The Morgan fingerprint density at radius 3 is 2.59 bits per heavy atom. The van der Waals surface area contributed by atoms with Gasteiger partial charge >= 0.3 is 0 Å². The summed E-state index contributed by atoms with van der Waals surface area (Å²) >= 11 is 1.74. The van der Waals surface area contributed by atoms with E-state index >= 15 is 0 Å². The Bertz CT molecular complexity index is 993. The SMILES string of the molecule is COc1ccccc1[C@]1(CC(=O)N2CCCN(Cc3cccs3)CC2)CC(=O)N(C)C1=O. The molecule has 1 aromatic heterocycles. The highest BCUT2D eigenvalue weighted by Gasteiger charge is 2.54. The van der Waals surface area contributed by atoms with Gasteiger partial charge in [0.1, 0.15) is 5.75 Å². The smallest absolute Gasteiger partial charge is 0.240 e. The van der Waals surface area contributed by atoms with E-state index in [1.807, 2.05) is 17.0 Å². The van der Waals surface area contributed by atoms with Crippen molar-refractivity contribution in [2.24, 2.45) is 0 Å². The highest BCUT2D eigenvalue weighted by Crippen LogP contribution is 2.43. The number of ether oxygens (including phenoxy) is 1. The Morgan fingerprint density at radius 2 is 1.91 bits per heavy atom. The summed E-state index contributed by atoms with van der Waals surface area (Å²) in [5.74, 6) is -0.179. The lowest BCUT2D eigenvalue weighted by molar-refractivity contribution is -0.141. The summed E-state index contributed by atoms with van der Waals surface area (Å²) in [5, 5.41) is 2.08. The number of likely N-dealkylation sites (N-methyl/N-ethyl adjacent to an activating group) is 1. The maximum Gasteiger partial charge on any atom is 0.240 e. The van der Waals surface area contributed by atoms with Crippen molar-refractivity contribution < 1.29 is 19.1 Å². The van der Waals surface area contributed by atoms with Crippen molar-refractivity contribution in [3.63, 3.8) is 0 Å². The van der Waals surface area contributed by atoms with E-state index in [9.17, 15) is 14.4 Å². The molecule has 0 N–H and O–H groups in total. The molecule has 0 spiro atoms. The monoisotopic (exact) mass is 455 g/mol. The van der Waals surface area contributed by atoms with Gasteiger partial charge in [-0.2, -0.15) is 0 Å². The molecule has 0 bridgehead atoms. The van der Waals surface area contributed by atoms with Gasteiger partial charge in [-0.25, -0.2) is 0 Å². The molecule has 1 aromatic carbocycles. The molecule has 2 aromatic rings. The lowest BCUT2D eigenvalue weighted by Crippen LogP contribution is -2.43. The number of hydrogen-bond donors (Lipinski definition) is 0. The topological polar surface area (TPSA) is 70.2 Å². The average molecular weight is 456 g/mol. The standard InChI is InChI=1S/C24H29N3O4S/c1-25-21(28)15-24(23(25)30,19-8-3-4-9-20(19)31-2)16-22(29)27-11-6-10-26(12-13-27)17-18-7-5-14-32-18/h3-5,7-9,14H,6,10-13,15-17H2,1-2H3/t24-/m1/s1. The molecule has 2 fully saturated rings. The molecular formula is C24H29N3O4S. The summed E-state index contributed by atoms with van der Waals surface area (Å²) < 4.78 is 5.50. The summed E-state index contributed by atoms with van der Waals surface area (Å²) in [6.45, 7) is 3.88. The van der Waals surface area contributed by atoms with Crippen molar-refractivity contribution in [1.29, 1.82) is 0 Å². The number of nitrogens with zero attached hydrogens (tertiary/aromatic N) is 3. The Balaban J connectivity index is 1.53. The molecule has 0 radical (unpaired) electrons. The predicted molar refractivity (Wildman–Crippen MR) is 122 cm³/mol. The van der Waals surface area contributed by atoms with Crippen LogP contribution in [0.25, 0.3) is 0 Å². The van der Waals surface area contributed by atoms with Crippen LogP contribution in [0.15, 0.2) is 41.8 Å². The van der Waals surface area contributed by atoms with Gasteiger partial charge in [-0.15, -0.1) is 11.3 Å². The van der Waals surface area contributed by atoms with Gasteiger partial charge < -0.3 is 9.64 Å². The number of hydrogen-bond acceptors (Lipinski definition) is 6. The van der Waals surface area contributed by atoms with E-state index in [1.54, 1.807) is 23.5 Å². The fourth-order valence-corrected chi connectivity index (χ4v) is 5.49. The van der Waals surface area contributed by atoms with Crippen molar-refractivity contribution in [1.82, 2.24) is 14.7 Å². The summed E-state index contributed by atoms with van der Waals surface area (Å²) in [6.07, 6.45) is 0.825. The molecule has 2 aliphatic rings. The van der Waals surface area contributed by atoms with Gasteiger partial charge in [0.15, 0.2) is 0 Å². The van der Waals surface area contributed by atoms with Gasteiger partial charge in [0.2, 0.25) is 17.7 Å². The first-order valence-electron chi connectivity index (χ1n) is 10.9. The van der Waals surface area contributed by atoms with Gasteiger partial charge in [-0.3, -0.25) is 24.2 Å². The molecule has 3 amide bonds. The van der Waals surface area contributed by atoms with Crippen LogP contribution in [0.4, 0.5) is 0 Å². The number of imide groups is 1. The molecule has 170 valence electrons. The van der Waals surface area contributed by atoms with Crippen LogP contribution in [-0.2, 0) is 26.3 Å². The number of para-hydroxylation sites is 1.